The summed E-state index contributed by atoms with van der Waals surface area (Å²) in [5.41, 5.74) is 6.55. The molecule has 234 valence electrons. The number of likely N-dealkylation sites (tertiary alicyclic amines) is 1. The van der Waals surface area contributed by atoms with Gasteiger partial charge in [0, 0.05) is 46.6 Å². The van der Waals surface area contributed by atoms with Crippen LogP contribution in [-0.2, 0) is 21.3 Å². The second-order valence-corrected chi connectivity index (χ2v) is 14.7. The van der Waals surface area contributed by atoms with E-state index < -0.39 is 17.7 Å². The highest BCUT2D eigenvalue weighted by molar-refractivity contribution is 7.22. The number of carbonyl (C=O) groups is 1. The summed E-state index contributed by atoms with van der Waals surface area (Å²) in [5.74, 6) is -0.658. The Morgan fingerprint density at radius 3 is 2.53 bits per heavy atom. The maximum Gasteiger partial charge on any atom is 0.337 e. The molecule has 2 aromatic heterocycles. The molecule has 2 saturated heterocycles. The average molecular weight is 645 g/mol. The van der Waals surface area contributed by atoms with E-state index in [0.717, 1.165) is 86.8 Å². The maximum atomic E-state index is 12.7. The van der Waals surface area contributed by atoms with Crippen LogP contribution < -0.4 is 0 Å². The Morgan fingerprint density at radius 2 is 1.87 bits per heavy atom. The number of aliphatic carboxylic acids is 1. The Bertz CT molecular complexity index is 1920. The van der Waals surface area contributed by atoms with E-state index in [2.05, 4.69) is 23.1 Å². The van der Waals surface area contributed by atoms with Gasteiger partial charge in [-0.05, 0) is 88.2 Å². The average Bonchev–Trinajstić information content (AvgIpc) is 3.67. The number of halogens is 1. The second kappa shape index (κ2) is 11.5. The molecule has 10 heteroatoms. The Hall–Kier alpha value is -3.34. The van der Waals surface area contributed by atoms with Gasteiger partial charge >= 0.3 is 5.97 Å². The van der Waals surface area contributed by atoms with Crippen molar-refractivity contribution in [2.24, 2.45) is 7.05 Å². The molecule has 45 heavy (non-hydrogen) atoms. The van der Waals surface area contributed by atoms with Gasteiger partial charge in [-0.3, -0.25) is 9.58 Å². The predicted octanol–water partition coefficient (Wildman–Crippen LogP) is 7.61. The molecular weight excluding hydrogens is 608 g/mol. The highest BCUT2D eigenvalue weighted by Gasteiger charge is 2.35. The smallest absolute Gasteiger partial charge is 0.337 e. The molecule has 2 atom stereocenters. The molecule has 0 bridgehead atoms. The third-order valence-corrected chi connectivity index (χ3v) is 10.3. The molecule has 2 fully saturated rings. The van der Waals surface area contributed by atoms with Crippen LogP contribution in [0.15, 0.2) is 48.5 Å². The van der Waals surface area contributed by atoms with E-state index in [1.165, 1.54) is 0 Å². The molecule has 3 aromatic carbocycles. The van der Waals surface area contributed by atoms with Crippen LogP contribution in [0.1, 0.15) is 56.0 Å². The van der Waals surface area contributed by atoms with Crippen molar-refractivity contribution in [3.8, 4) is 21.7 Å². The van der Waals surface area contributed by atoms with Gasteiger partial charge in [-0.1, -0.05) is 23.7 Å². The van der Waals surface area contributed by atoms with Crippen LogP contribution in [0.5, 0.6) is 0 Å². The van der Waals surface area contributed by atoms with Crippen molar-refractivity contribution in [3.05, 3.63) is 70.4 Å². The number of hydrogen-bond donors (Lipinski definition) is 1. The molecule has 2 aliphatic rings. The lowest BCUT2D eigenvalue weighted by molar-refractivity contribution is -0.160. The monoisotopic (exact) mass is 644 g/mol. The number of nitrogens with zero attached hydrogens (tertiary/aromatic N) is 4. The lowest BCUT2D eigenvalue weighted by Gasteiger charge is -2.34. The van der Waals surface area contributed by atoms with Crippen molar-refractivity contribution in [2.75, 3.05) is 26.3 Å². The SMILES string of the molecule is Cc1cc2nc(-c3ccc4c(c3)c(C3CCN(C5COC5)C3)nn4C)sc2c(-c2ccc(Cl)cc2)c1C(OC(C)(C)C)C(=O)O. The zero-order chi connectivity index (χ0) is 31.6. The van der Waals surface area contributed by atoms with Crippen molar-refractivity contribution in [3.63, 3.8) is 0 Å². The number of fused-ring (bicyclic) bond motifs is 2. The number of aromatic nitrogens is 3. The Labute approximate surface area is 271 Å². The van der Waals surface area contributed by atoms with E-state index in [1.807, 2.05) is 69.8 Å². The Morgan fingerprint density at radius 1 is 1.13 bits per heavy atom. The van der Waals surface area contributed by atoms with Crippen molar-refractivity contribution >= 4 is 50.0 Å². The van der Waals surface area contributed by atoms with E-state index in [-0.39, 0.29) is 0 Å². The molecule has 0 spiro atoms. The fourth-order valence-corrected chi connectivity index (χ4v) is 7.91. The van der Waals surface area contributed by atoms with E-state index in [1.54, 1.807) is 11.3 Å². The highest BCUT2D eigenvalue weighted by atomic mass is 35.5. The first-order valence-corrected chi connectivity index (χ1v) is 16.6. The number of hydrogen-bond acceptors (Lipinski definition) is 7. The third kappa shape index (κ3) is 5.66. The summed E-state index contributed by atoms with van der Waals surface area (Å²) in [5, 5.41) is 18.0. The zero-order valence-corrected chi connectivity index (χ0v) is 27.7. The normalized spacial score (nSPS) is 18.6. The summed E-state index contributed by atoms with van der Waals surface area (Å²) in [4.78, 5) is 20.4. The van der Waals surface area contributed by atoms with Gasteiger partial charge in [-0.2, -0.15) is 5.10 Å². The zero-order valence-electron chi connectivity index (χ0n) is 26.1. The van der Waals surface area contributed by atoms with E-state index >= 15 is 0 Å². The lowest BCUT2D eigenvalue weighted by Crippen LogP contribution is -2.47. The van der Waals surface area contributed by atoms with Crippen LogP contribution >= 0.6 is 22.9 Å². The van der Waals surface area contributed by atoms with Crippen LogP contribution in [0.3, 0.4) is 0 Å². The molecule has 7 rings (SSSR count). The minimum absolute atomic E-state index is 0.373. The van der Waals surface area contributed by atoms with Gasteiger partial charge in [0.15, 0.2) is 6.10 Å². The number of ether oxygens (including phenoxy) is 2. The predicted molar refractivity (Wildman–Crippen MR) is 179 cm³/mol. The van der Waals surface area contributed by atoms with Crippen LogP contribution in [0.25, 0.3) is 42.8 Å². The molecule has 4 heterocycles. The summed E-state index contributed by atoms with van der Waals surface area (Å²) >= 11 is 7.84. The number of thiazole rings is 1. The molecule has 0 saturated carbocycles. The van der Waals surface area contributed by atoms with Crippen LogP contribution in [0.2, 0.25) is 5.02 Å². The summed E-state index contributed by atoms with van der Waals surface area (Å²) in [6.07, 6.45) is -0.0700. The summed E-state index contributed by atoms with van der Waals surface area (Å²) in [7, 11) is 2.01. The van der Waals surface area contributed by atoms with E-state index in [4.69, 9.17) is 31.2 Å². The fraction of sp³-hybridized carbons (Fsp3) is 0.400. The molecule has 5 aromatic rings. The fourth-order valence-electron chi connectivity index (χ4n) is 6.67. The van der Waals surface area contributed by atoms with Crippen LogP contribution in [-0.4, -0.2) is 68.7 Å². The van der Waals surface area contributed by atoms with E-state index in [9.17, 15) is 9.90 Å². The minimum Gasteiger partial charge on any atom is -0.479 e. The van der Waals surface area contributed by atoms with Gasteiger partial charge < -0.3 is 14.6 Å². The molecular formula is C35H37ClN4O4S. The molecule has 0 aliphatic carbocycles. The van der Waals surface area contributed by atoms with Gasteiger partial charge in [0.1, 0.15) is 5.01 Å². The molecule has 1 N–H and O–H groups in total. The van der Waals surface area contributed by atoms with Gasteiger partial charge in [0.25, 0.3) is 0 Å². The summed E-state index contributed by atoms with van der Waals surface area (Å²) in [6, 6.07) is 16.5. The summed E-state index contributed by atoms with van der Waals surface area (Å²) < 4.78 is 14.5. The van der Waals surface area contributed by atoms with E-state index in [0.29, 0.717) is 22.5 Å². The number of carboxylic acids is 1. The minimum atomic E-state index is -1.16. The van der Waals surface area contributed by atoms with Gasteiger partial charge in [-0.15, -0.1) is 11.3 Å². The Balaban J connectivity index is 1.36. The molecule has 2 unspecified atom stereocenters. The van der Waals surface area contributed by atoms with Gasteiger partial charge in [0.05, 0.1) is 46.3 Å². The van der Waals surface area contributed by atoms with Crippen molar-refractivity contribution in [1.29, 1.82) is 0 Å². The standard InChI is InChI=1S/C35H37ClN4O4S/c1-19-14-26-32(29(20-6-9-23(36)10-7-20)28(19)31(34(41)42)44-35(2,3)4)45-33(37-26)21-8-11-27-25(15-21)30(38-39(27)5)22-12-13-40(16-22)24-17-43-18-24/h6-11,14-15,22,24,31H,12-13,16-18H2,1-5H3,(H,41,42). The topological polar surface area (TPSA) is 89.7 Å². The summed E-state index contributed by atoms with van der Waals surface area (Å²) in [6.45, 7) is 11.3. The number of aryl methyl sites for hydroxylation is 2. The third-order valence-electron chi connectivity index (χ3n) is 8.89. The maximum absolute atomic E-state index is 12.7. The number of carboxylic acid groups (broad SMARTS) is 1. The highest BCUT2D eigenvalue weighted by Crippen LogP contribution is 2.45. The van der Waals surface area contributed by atoms with Crippen molar-refractivity contribution in [2.45, 2.75) is 57.8 Å². The number of rotatable bonds is 7. The second-order valence-electron chi connectivity index (χ2n) is 13.2. The molecule has 0 amide bonds. The first kappa shape index (κ1) is 30.3. The number of benzene rings is 3. The largest absolute Gasteiger partial charge is 0.479 e. The lowest BCUT2D eigenvalue weighted by atomic mass is 9.91. The Kier molecular flexibility index (Phi) is 7.73. The first-order valence-electron chi connectivity index (χ1n) is 15.4. The first-order chi connectivity index (χ1) is 21.5. The van der Waals surface area contributed by atoms with Crippen molar-refractivity contribution < 1.29 is 19.4 Å². The molecule has 2 aliphatic heterocycles. The van der Waals surface area contributed by atoms with Gasteiger partial charge in [-0.25, -0.2) is 9.78 Å². The molecule has 8 nitrogen and oxygen atoms in total. The van der Waals surface area contributed by atoms with Crippen LogP contribution in [0.4, 0.5) is 0 Å². The van der Waals surface area contributed by atoms with Crippen molar-refractivity contribution in [1.82, 2.24) is 19.7 Å². The molecule has 0 radical (unpaired) electrons. The van der Waals surface area contributed by atoms with Crippen LogP contribution in [0, 0.1) is 6.92 Å². The quantitative estimate of drug-likeness (QED) is 0.195. The van der Waals surface area contributed by atoms with Gasteiger partial charge in [0.2, 0.25) is 0 Å².